The number of nitro benzene ring substituents is 1. The molecule has 6 heteroatoms. The molecule has 0 fully saturated rings. The van der Waals surface area contributed by atoms with Crippen LogP contribution < -0.4 is 0 Å². The Hall–Kier alpha value is -1.62. The van der Waals surface area contributed by atoms with Gasteiger partial charge in [-0.2, -0.15) is 0 Å². The predicted octanol–water partition coefficient (Wildman–Crippen LogP) is 2.98. The van der Waals surface area contributed by atoms with Gasteiger partial charge in [0.15, 0.2) is 0 Å². The molecule has 0 saturated carbocycles. The number of nitrogens with zero attached hydrogens (tertiary/aromatic N) is 2. The lowest BCUT2D eigenvalue weighted by molar-refractivity contribution is -0.384. The number of non-ortho nitro benzene ring substituents is 1. The maximum Gasteiger partial charge on any atom is 0.270 e. The first-order valence-corrected chi connectivity index (χ1v) is 5.90. The van der Waals surface area contributed by atoms with Gasteiger partial charge in [0.2, 0.25) is 0 Å². The van der Waals surface area contributed by atoms with Gasteiger partial charge in [-0.25, -0.2) is 0 Å². The van der Waals surface area contributed by atoms with Gasteiger partial charge >= 0.3 is 0 Å². The molecule has 0 unspecified atom stereocenters. The molecule has 0 radical (unpaired) electrons. The number of rotatable bonds is 4. The predicted molar refractivity (Wildman–Crippen MR) is 69.9 cm³/mol. The van der Waals surface area contributed by atoms with Crippen LogP contribution in [0.2, 0.25) is 5.02 Å². The van der Waals surface area contributed by atoms with Crippen molar-refractivity contribution in [3.8, 4) is 0 Å². The average Bonchev–Trinajstić information content (AvgIpc) is 2.27. The van der Waals surface area contributed by atoms with E-state index in [4.69, 9.17) is 11.6 Å². The smallest absolute Gasteiger partial charge is 0.270 e. The minimum Gasteiger partial charge on any atom is -0.341 e. The summed E-state index contributed by atoms with van der Waals surface area (Å²) in [7, 11) is 1.65. The van der Waals surface area contributed by atoms with Crippen LogP contribution in [0.15, 0.2) is 18.2 Å². The fraction of sp³-hybridized carbons (Fsp3) is 0.417. The molecule has 0 atom stereocenters. The van der Waals surface area contributed by atoms with Gasteiger partial charge < -0.3 is 4.90 Å². The van der Waals surface area contributed by atoms with Gasteiger partial charge in [-0.1, -0.05) is 25.4 Å². The van der Waals surface area contributed by atoms with Gasteiger partial charge in [0.05, 0.1) is 15.5 Å². The number of hydrogen-bond acceptors (Lipinski definition) is 3. The number of hydrogen-bond donors (Lipinski definition) is 0. The molecule has 0 N–H and O–H groups in total. The summed E-state index contributed by atoms with van der Waals surface area (Å²) >= 11 is 5.91. The second-order valence-corrected chi connectivity index (χ2v) is 4.91. The van der Waals surface area contributed by atoms with Crippen LogP contribution in [0.5, 0.6) is 0 Å². The van der Waals surface area contributed by atoms with Crippen LogP contribution in [-0.4, -0.2) is 29.3 Å². The summed E-state index contributed by atoms with van der Waals surface area (Å²) in [6.07, 6.45) is 0. The first kappa shape index (κ1) is 14.4. The Morgan fingerprint density at radius 3 is 2.61 bits per heavy atom. The number of nitro groups is 1. The van der Waals surface area contributed by atoms with Crippen LogP contribution in [0.3, 0.4) is 0 Å². The molecule has 98 valence electrons. The van der Waals surface area contributed by atoms with E-state index >= 15 is 0 Å². The quantitative estimate of drug-likeness (QED) is 0.624. The van der Waals surface area contributed by atoms with Gasteiger partial charge in [0.25, 0.3) is 11.6 Å². The molecular weight excluding hydrogens is 256 g/mol. The summed E-state index contributed by atoms with van der Waals surface area (Å²) < 4.78 is 0. The molecule has 0 aromatic heterocycles. The Balaban J connectivity index is 3.04. The Labute approximate surface area is 110 Å². The maximum absolute atomic E-state index is 12.1. The minimum absolute atomic E-state index is 0.138. The third-order valence-corrected chi connectivity index (χ3v) is 2.71. The van der Waals surface area contributed by atoms with Crippen molar-refractivity contribution in [2.75, 3.05) is 13.6 Å². The number of halogens is 1. The van der Waals surface area contributed by atoms with E-state index in [0.717, 1.165) is 0 Å². The van der Waals surface area contributed by atoms with Crippen molar-refractivity contribution in [1.29, 1.82) is 0 Å². The SMILES string of the molecule is CC(C)CN(C)C(=O)c1cc([N+](=O)[O-])ccc1Cl. The topological polar surface area (TPSA) is 63.5 Å². The van der Waals surface area contributed by atoms with Gasteiger partial charge in [-0.15, -0.1) is 0 Å². The second-order valence-electron chi connectivity index (χ2n) is 4.50. The van der Waals surface area contributed by atoms with Crippen molar-refractivity contribution in [2.24, 2.45) is 5.92 Å². The van der Waals surface area contributed by atoms with Crippen LogP contribution in [0.4, 0.5) is 5.69 Å². The molecule has 1 amide bonds. The highest BCUT2D eigenvalue weighted by Gasteiger charge is 2.19. The summed E-state index contributed by atoms with van der Waals surface area (Å²) in [6.45, 7) is 4.54. The van der Waals surface area contributed by atoms with Crippen molar-refractivity contribution >= 4 is 23.2 Å². The Bertz CT molecular complexity index is 474. The maximum atomic E-state index is 12.1. The van der Waals surface area contributed by atoms with E-state index in [1.807, 2.05) is 13.8 Å². The fourth-order valence-corrected chi connectivity index (χ4v) is 1.83. The summed E-state index contributed by atoms with van der Waals surface area (Å²) in [6, 6.07) is 3.86. The largest absolute Gasteiger partial charge is 0.341 e. The third kappa shape index (κ3) is 3.43. The Morgan fingerprint density at radius 2 is 2.11 bits per heavy atom. The lowest BCUT2D eigenvalue weighted by atomic mass is 10.1. The molecule has 18 heavy (non-hydrogen) atoms. The van der Waals surface area contributed by atoms with Gasteiger partial charge in [-0.3, -0.25) is 14.9 Å². The molecule has 0 saturated heterocycles. The molecule has 0 aliphatic rings. The van der Waals surface area contributed by atoms with Crippen LogP contribution in [0.1, 0.15) is 24.2 Å². The minimum atomic E-state index is -0.546. The summed E-state index contributed by atoms with van der Waals surface area (Å²) in [5.41, 5.74) is 0.0229. The fourth-order valence-electron chi connectivity index (χ4n) is 1.63. The Morgan fingerprint density at radius 1 is 1.50 bits per heavy atom. The van der Waals surface area contributed by atoms with E-state index in [9.17, 15) is 14.9 Å². The van der Waals surface area contributed by atoms with Crippen molar-refractivity contribution in [1.82, 2.24) is 4.90 Å². The monoisotopic (exact) mass is 270 g/mol. The van der Waals surface area contributed by atoms with E-state index < -0.39 is 4.92 Å². The van der Waals surface area contributed by atoms with E-state index in [1.165, 1.54) is 23.1 Å². The zero-order chi connectivity index (χ0) is 13.9. The lowest BCUT2D eigenvalue weighted by Gasteiger charge is -2.19. The third-order valence-electron chi connectivity index (χ3n) is 2.38. The molecule has 0 aliphatic carbocycles. The normalized spacial score (nSPS) is 10.5. The van der Waals surface area contributed by atoms with Crippen LogP contribution >= 0.6 is 11.6 Å². The Kier molecular flexibility index (Phi) is 4.67. The zero-order valence-corrected chi connectivity index (χ0v) is 11.3. The molecule has 0 spiro atoms. The van der Waals surface area contributed by atoms with Crippen LogP contribution in [-0.2, 0) is 0 Å². The van der Waals surface area contributed by atoms with E-state index in [1.54, 1.807) is 7.05 Å². The lowest BCUT2D eigenvalue weighted by Crippen LogP contribution is -2.30. The molecule has 0 heterocycles. The molecule has 1 rings (SSSR count). The summed E-state index contributed by atoms with van der Waals surface area (Å²) in [4.78, 5) is 23.7. The van der Waals surface area contributed by atoms with E-state index in [2.05, 4.69) is 0 Å². The highest BCUT2D eigenvalue weighted by molar-refractivity contribution is 6.33. The van der Waals surface area contributed by atoms with Crippen LogP contribution in [0.25, 0.3) is 0 Å². The summed E-state index contributed by atoms with van der Waals surface area (Å²) in [5.74, 6) is 0.00817. The molecule has 0 aliphatic heterocycles. The second kappa shape index (κ2) is 5.82. The van der Waals surface area contributed by atoms with E-state index in [-0.39, 0.29) is 22.2 Å². The van der Waals surface area contributed by atoms with Crippen molar-refractivity contribution in [3.05, 3.63) is 38.9 Å². The average molecular weight is 271 g/mol. The highest BCUT2D eigenvalue weighted by Crippen LogP contribution is 2.23. The first-order chi connectivity index (χ1) is 8.32. The molecule has 1 aromatic carbocycles. The van der Waals surface area contributed by atoms with Gasteiger partial charge in [-0.05, 0) is 12.0 Å². The number of carbonyl (C=O) groups is 1. The van der Waals surface area contributed by atoms with Crippen molar-refractivity contribution in [3.63, 3.8) is 0 Å². The van der Waals surface area contributed by atoms with Crippen LogP contribution in [0, 0.1) is 16.0 Å². The first-order valence-electron chi connectivity index (χ1n) is 5.52. The molecule has 1 aromatic rings. The van der Waals surface area contributed by atoms with Gasteiger partial charge in [0.1, 0.15) is 0 Å². The van der Waals surface area contributed by atoms with E-state index in [0.29, 0.717) is 12.5 Å². The number of carbonyl (C=O) groups excluding carboxylic acids is 1. The number of benzene rings is 1. The molecular formula is C12H15ClN2O3. The molecule has 0 bridgehead atoms. The van der Waals surface area contributed by atoms with Crippen molar-refractivity contribution < 1.29 is 9.72 Å². The molecule has 5 nitrogen and oxygen atoms in total. The zero-order valence-electron chi connectivity index (χ0n) is 10.5. The highest BCUT2D eigenvalue weighted by atomic mass is 35.5. The van der Waals surface area contributed by atoms with Crippen molar-refractivity contribution in [2.45, 2.75) is 13.8 Å². The summed E-state index contributed by atoms with van der Waals surface area (Å²) in [5, 5.41) is 10.9. The standard InChI is InChI=1S/C12H15ClN2O3/c1-8(2)7-14(3)12(16)10-6-9(15(17)18)4-5-11(10)13/h4-6,8H,7H2,1-3H3. The van der Waals surface area contributed by atoms with Gasteiger partial charge in [0, 0.05) is 25.7 Å². The number of amides is 1.